The van der Waals surface area contributed by atoms with Crippen molar-refractivity contribution in [1.82, 2.24) is 14.3 Å². The minimum Gasteiger partial charge on any atom is -0.307 e. The number of sulfonamides is 1. The van der Waals surface area contributed by atoms with Crippen molar-refractivity contribution in [1.29, 1.82) is 0 Å². The predicted molar refractivity (Wildman–Crippen MR) is 121 cm³/mol. The highest BCUT2D eigenvalue weighted by molar-refractivity contribution is 7.90. The summed E-state index contributed by atoms with van der Waals surface area (Å²) < 4.78 is 65.1. The lowest BCUT2D eigenvalue weighted by Gasteiger charge is -2.11. The Morgan fingerprint density at radius 2 is 1.51 bits per heavy atom. The van der Waals surface area contributed by atoms with Gasteiger partial charge in [0, 0.05) is 5.69 Å². The van der Waals surface area contributed by atoms with Crippen molar-refractivity contribution in [3.05, 3.63) is 99.2 Å². The Labute approximate surface area is 194 Å². The number of hydrogen-bond acceptors (Lipinski definition) is 5. The molecule has 3 N–H and O–H groups in total. The summed E-state index contributed by atoms with van der Waals surface area (Å²) in [6.45, 7) is 0. The number of anilines is 1. The van der Waals surface area contributed by atoms with Gasteiger partial charge >= 0.3 is 17.9 Å². The molecule has 0 unspecified atom stereocenters. The molecule has 0 saturated heterocycles. The van der Waals surface area contributed by atoms with E-state index in [0.717, 1.165) is 16.7 Å². The van der Waals surface area contributed by atoms with Gasteiger partial charge in [0.2, 0.25) is 0 Å². The second-order valence-corrected chi connectivity index (χ2v) is 8.93. The first kappa shape index (κ1) is 23.8. The molecule has 0 saturated carbocycles. The third-order valence-electron chi connectivity index (χ3n) is 4.91. The molecular formula is C22H15F3N4O5S. The summed E-state index contributed by atoms with van der Waals surface area (Å²) in [6, 6.07) is 13.3. The maximum atomic E-state index is 12.7. The Balaban J connectivity index is 1.50. The van der Waals surface area contributed by atoms with Gasteiger partial charge < -0.3 is 10.3 Å². The maximum absolute atomic E-state index is 12.7. The molecule has 0 fully saturated rings. The molecule has 0 atom stereocenters. The van der Waals surface area contributed by atoms with Gasteiger partial charge in [-0.15, -0.1) is 0 Å². The highest BCUT2D eigenvalue weighted by Gasteiger charge is 2.30. The Bertz CT molecular complexity index is 1640. The second kappa shape index (κ2) is 8.76. The number of hydrogen-bond donors (Lipinski definition) is 3. The number of aromatic nitrogens is 2. The average Bonchev–Trinajstić information content (AvgIpc) is 2.79. The molecule has 180 valence electrons. The zero-order valence-corrected chi connectivity index (χ0v) is 18.3. The van der Waals surface area contributed by atoms with Crippen molar-refractivity contribution in [3.8, 4) is 5.69 Å². The number of para-hydroxylation sites is 1. The summed E-state index contributed by atoms with van der Waals surface area (Å²) in [6.07, 6.45) is -4.64. The Kier molecular flexibility index (Phi) is 5.94. The maximum Gasteiger partial charge on any atom is 0.416 e. The van der Waals surface area contributed by atoms with E-state index in [1.165, 1.54) is 24.3 Å². The Morgan fingerprint density at radius 1 is 0.886 bits per heavy atom. The first-order valence-electron chi connectivity index (χ1n) is 9.81. The minimum atomic E-state index is -4.64. The molecular weight excluding hydrogens is 489 g/mol. The largest absolute Gasteiger partial charge is 0.416 e. The van der Waals surface area contributed by atoms with Crippen molar-refractivity contribution < 1.29 is 26.4 Å². The number of rotatable bonds is 4. The smallest absolute Gasteiger partial charge is 0.307 e. The van der Waals surface area contributed by atoms with Gasteiger partial charge in [0.1, 0.15) is 0 Å². The lowest BCUT2D eigenvalue weighted by molar-refractivity contribution is -0.137. The van der Waals surface area contributed by atoms with Crippen LogP contribution in [0.4, 0.5) is 23.7 Å². The van der Waals surface area contributed by atoms with Crippen molar-refractivity contribution in [3.63, 3.8) is 0 Å². The van der Waals surface area contributed by atoms with Crippen LogP contribution in [0.25, 0.3) is 16.6 Å². The number of alkyl halides is 3. The molecule has 0 aliphatic heterocycles. The normalized spacial score (nSPS) is 11.9. The van der Waals surface area contributed by atoms with E-state index >= 15 is 0 Å². The van der Waals surface area contributed by atoms with Crippen molar-refractivity contribution in [2.24, 2.45) is 0 Å². The van der Waals surface area contributed by atoms with Gasteiger partial charge in [0.15, 0.2) is 0 Å². The number of carbonyl (C=O) groups is 1. The molecule has 0 radical (unpaired) electrons. The van der Waals surface area contributed by atoms with E-state index in [1.807, 2.05) is 0 Å². The van der Waals surface area contributed by atoms with Crippen LogP contribution in [0.3, 0.4) is 0 Å². The van der Waals surface area contributed by atoms with E-state index in [9.17, 15) is 36.0 Å². The van der Waals surface area contributed by atoms with E-state index in [0.29, 0.717) is 23.0 Å². The monoisotopic (exact) mass is 504 g/mol. The van der Waals surface area contributed by atoms with Crippen LogP contribution in [0, 0.1) is 0 Å². The Hall–Kier alpha value is -4.39. The number of amides is 2. The topological polar surface area (TPSA) is 130 Å². The summed E-state index contributed by atoms with van der Waals surface area (Å²) in [5.41, 5.74) is -1.56. The van der Waals surface area contributed by atoms with Gasteiger partial charge in [-0.05, 0) is 60.7 Å². The van der Waals surface area contributed by atoms with Crippen LogP contribution in [0.1, 0.15) is 5.56 Å². The summed E-state index contributed by atoms with van der Waals surface area (Å²) in [7, 11) is -4.45. The first-order chi connectivity index (χ1) is 16.5. The van der Waals surface area contributed by atoms with Gasteiger partial charge in [-0.2, -0.15) is 13.2 Å². The van der Waals surface area contributed by atoms with Gasteiger partial charge in [-0.25, -0.2) is 27.3 Å². The van der Waals surface area contributed by atoms with Crippen LogP contribution in [-0.4, -0.2) is 24.0 Å². The standard InChI is InChI=1S/C22H15F3N4O5S/c23-22(24,25)13-5-11-16(12-6-13)35(33,34)28-20(31)26-14-7-9-15(10-8-14)29-19(30)17-3-1-2-4-18(17)27-21(29)32/h1-12H,(H,27,32)(H2,26,28,31). The summed E-state index contributed by atoms with van der Waals surface area (Å²) in [5, 5.41) is 2.55. The van der Waals surface area contributed by atoms with E-state index in [1.54, 1.807) is 29.0 Å². The molecule has 35 heavy (non-hydrogen) atoms. The molecule has 1 heterocycles. The number of H-pyrrole nitrogens is 1. The minimum absolute atomic E-state index is 0.124. The number of fused-ring (bicyclic) bond motifs is 1. The van der Waals surface area contributed by atoms with Crippen molar-refractivity contribution >= 4 is 32.6 Å². The van der Waals surface area contributed by atoms with Crippen LogP contribution in [-0.2, 0) is 16.2 Å². The zero-order chi connectivity index (χ0) is 25.4. The van der Waals surface area contributed by atoms with E-state index < -0.39 is 43.9 Å². The molecule has 9 nitrogen and oxygen atoms in total. The lowest BCUT2D eigenvalue weighted by Crippen LogP contribution is -2.34. The number of aromatic amines is 1. The molecule has 1 aromatic heterocycles. The SMILES string of the molecule is O=C(Nc1ccc(-n2c(=O)[nH]c3ccccc3c2=O)cc1)NS(=O)(=O)c1ccc(C(F)(F)F)cc1. The molecule has 4 rings (SSSR count). The molecule has 0 aliphatic carbocycles. The number of nitrogens with zero attached hydrogens (tertiary/aromatic N) is 1. The summed E-state index contributed by atoms with van der Waals surface area (Å²) in [4.78, 5) is 39.3. The van der Waals surface area contributed by atoms with E-state index in [-0.39, 0.29) is 11.4 Å². The fraction of sp³-hybridized carbons (Fsp3) is 0.0455. The van der Waals surface area contributed by atoms with Gasteiger partial charge in [0.25, 0.3) is 15.6 Å². The number of carbonyl (C=O) groups excluding carboxylic acids is 1. The highest BCUT2D eigenvalue weighted by atomic mass is 32.2. The molecule has 4 aromatic rings. The molecule has 0 spiro atoms. The summed E-state index contributed by atoms with van der Waals surface area (Å²) >= 11 is 0. The summed E-state index contributed by atoms with van der Waals surface area (Å²) in [5.74, 6) is 0. The molecule has 0 aliphatic rings. The quantitative estimate of drug-likeness (QED) is 0.393. The fourth-order valence-electron chi connectivity index (χ4n) is 3.25. The van der Waals surface area contributed by atoms with Crippen LogP contribution < -0.4 is 21.3 Å². The van der Waals surface area contributed by atoms with E-state index in [4.69, 9.17) is 0 Å². The van der Waals surface area contributed by atoms with Crippen LogP contribution >= 0.6 is 0 Å². The molecule has 0 bridgehead atoms. The average molecular weight is 504 g/mol. The zero-order valence-electron chi connectivity index (χ0n) is 17.5. The molecule has 2 amide bonds. The van der Waals surface area contributed by atoms with Crippen molar-refractivity contribution in [2.45, 2.75) is 11.1 Å². The third kappa shape index (κ3) is 4.94. The van der Waals surface area contributed by atoms with Gasteiger partial charge in [-0.3, -0.25) is 4.79 Å². The number of urea groups is 1. The first-order valence-corrected chi connectivity index (χ1v) is 11.3. The molecule has 13 heteroatoms. The van der Waals surface area contributed by atoms with Crippen LogP contribution in [0.5, 0.6) is 0 Å². The number of nitrogens with one attached hydrogen (secondary N) is 3. The van der Waals surface area contributed by atoms with Gasteiger partial charge in [0.05, 0.1) is 27.0 Å². The lowest BCUT2D eigenvalue weighted by atomic mass is 10.2. The number of benzene rings is 3. The van der Waals surface area contributed by atoms with Gasteiger partial charge in [-0.1, -0.05) is 12.1 Å². The van der Waals surface area contributed by atoms with E-state index in [2.05, 4.69) is 10.3 Å². The second-order valence-electron chi connectivity index (χ2n) is 7.24. The van der Waals surface area contributed by atoms with Crippen LogP contribution in [0.15, 0.2) is 87.3 Å². The Morgan fingerprint density at radius 3 is 2.14 bits per heavy atom. The predicted octanol–water partition coefficient (Wildman–Crippen LogP) is 3.21. The highest BCUT2D eigenvalue weighted by Crippen LogP contribution is 2.29. The fourth-order valence-corrected chi connectivity index (χ4v) is 4.16. The van der Waals surface area contributed by atoms with Crippen molar-refractivity contribution in [2.75, 3.05) is 5.32 Å². The van der Waals surface area contributed by atoms with Crippen LogP contribution in [0.2, 0.25) is 0 Å². The third-order valence-corrected chi connectivity index (χ3v) is 6.25. The number of halogens is 3. The molecule has 3 aromatic carbocycles.